The van der Waals surface area contributed by atoms with Crippen molar-refractivity contribution in [1.82, 2.24) is 0 Å². The predicted octanol–water partition coefficient (Wildman–Crippen LogP) is 4.38. The Balaban J connectivity index is 3.29. The number of carbonyl (C=O) groups excluding carboxylic acids is 1. The molecule has 0 atom stereocenters. The minimum atomic E-state index is -4.88. The molecule has 4 nitrogen and oxygen atoms in total. The van der Waals surface area contributed by atoms with Crippen LogP contribution in [0.2, 0.25) is 19.6 Å². The van der Waals surface area contributed by atoms with E-state index in [1.165, 1.54) is 12.1 Å². The van der Waals surface area contributed by atoms with E-state index < -0.39 is 26.3 Å². The van der Waals surface area contributed by atoms with Crippen LogP contribution in [-0.2, 0) is 4.74 Å². The predicted molar refractivity (Wildman–Crippen MR) is 84.0 cm³/mol. The standard InChI is InChI=1S/C15H18F3NO3Si/c1-5-21-14(20)19-13-11(9-10-23(2,3)4)7-6-8-12(13)22-15(16,17)18/h6-8H,5H2,1-4H3,(H,19,20). The second kappa shape index (κ2) is 7.42. The molecule has 8 heteroatoms. The third-order valence-corrected chi connectivity index (χ3v) is 3.20. The number of amides is 1. The summed E-state index contributed by atoms with van der Waals surface area (Å²) in [4.78, 5) is 11.6. The lowest BCUT2D eigenvalue weighted by Crippen LogP contribution is -2.21. The van der Waals surface area contributed by atoms with E-state index in [9.17, 15) is 18.0 Å². The minimum absolute atomic E-state index is 0.0873. The van der Waals surface area contributed by atoms with Gasteiger partial charge in [0.1, 0.15) is 13.8 Å². The van der Waals surface area contributed by atoms with Crippen LogP contribution < -0.4 is 10.1 Å². The Bertz CT molecular complexity index is 628. The van der Waals surface area contributed by atoms with Crippen molar-refractivity contribution in [3.05, 3.63) is 23.8 Å². The normalized spacial score (nSPS) is 11.3. The van der Waals surface area contributed by atoms with Crippen molar-refractivity contribution in [2.45, 2.75) is 32.9 Å². The number of nitrogens with one attached hydrogen (secondary N) is 1. The molecule has 1 aromatic rings. The Morgan fingerprint density at radius 1 is 1.30 bits per heavy atom. The van der Waals surface area contributed by atoms with Gasteiger partial charge in [-0.1, -0.05) is 31.6 Å². The number of hydrogen-bond donors (Lipinski definition) is 1. The van der Waals surface area contributed by atoms with Gasteiger partial charge in [0.2, 0.25) is 0 Å². The molecule has 0 bridgehead atoms. The lowest BCUT2D eigenvalue weighted by Gasteiger charge is -2.15. The fourth-order valence-corrected chi connectivity index (χ4v) is 2.01. The Morgan fingerprint density at radius 2 is 1.96 bits per heavy atom. The molecule has 0 saturated heterocycles. The van der Waals surface area contributed by atoms with Gasteiger partial charge in [0.05, 0.1) is 12.2 Å². The number of hydrogen-bond acceptors (Lipinski definition) is 3. The molecule has 0 heterocycles. The van der Waals surface area contributed by atoms with Gasteiger partial charge in [0, 0.05) is 0 Å². The first-order valence-corrected chi connectivity index (χ1v) is 10.4. The number of anilines is 1. The molecule has 0 aromatic heterocycles. The first-order valence-electron chi connectivity index (χ1n) is 6.87. The number of rotatable bonds is 3. The zero-order valence-corrected chi connectivity index (χ0v) is 14.3. The Hall–Kier alpha value is -2.14. The summed E-state index contributed by atoms with van der Waals surface area (Å²) in [6.07, 6.45) is -5.75. The van der Waals surface area contributed by atoms with Crippen LogP contribution in [0.25, 0.3) is 0 Å². The second-order valence-corrected chi connectivity index (χ2v) is 10.3. The van der Waals surface area contributed by atoms with Gasteiger partial charge in [-0.15, -0.1) is 18.7 Å². The van der Waals surface area contributed by atoms with Crippen molar-refractivity contribution in [2.24, 2.45) is 0 Å². The maximum Gasteiger partial charge on any atom is 0.573 e. The molecule has 1 aromatic carbocycles. The van der Waals surface area contributed by atoms with E-state index in [1.54, 1.807) is 6.92 Å². The van der Waals surface area contributed by atoms with Crippen LogP contribution in [0.15, 0.2) is 18.2 Å². The summed E-state index contributed by atoms with van der Waals surface area (Å²) in [7, 11) is -1.75. The monoisotopic (exact) mass is 345 g/mol. The Kier molecular flexibility index (Phi) is 6.10. The van der Waals surface area contributed by atoms with Crippen molar-refractivity contribution in [3.8, 4) is 17.2 Å². The first kappa shape index (κ1) is 18.9. The topological polar surface area (TPSA) is 47.6 Å². The Labute approximate surface area is 134 Å². The summed E-state index contributed by atoms with van der Waals surface area (Å²) in [6.45, 7) is 7.66. The molecule has 1 rings (SSSR count). The van der Waals surface area contributed by atoms with Crippen LogP contribution in [0, 0.1) is 11.5 Å². The average Bonchev–Trinajstić information content (AvgIpc) is 2.36. The molecule has 23 heavy (non-hydrogen) atoms. The molecule has 1 amide bonds. The smallest absolute Gasteiger partial charge is 0.450 e. The van der Waals surface area contributed by atoms with Crippen LogP contribution in [-0.4, -0.2) is 27.1 Å². The minimum Gasteiger partial charge on any atom is -0.450 e. The van der Waals surface area contributed by atoms with Crippen molar-refractivity contribution in [1.29, 1.82) is 0 Å². The maximum atomic E-state index is 12.5. The number of alkyl halides is 3. The van der Waals surface area contributed by atoms with Crippen LogP contribution in [0.1, 0.15) is 12.5 Å². The molecule has 0 saturated carbocycles. The SMILES string of the molecule is CCOC(=O)Nc1c(C#C[Si](C)(C)C)cccc1OC(F)(F)F. The van der Waals surface area contributed by atoms with E-state index in [-0.39, 0.29) is 17.9 Å². The molecule has 0 aliphatic heterocycles. The van der Waals surface area contributed by atoms with Crippen molar-refractivity contribution < 1.29 is 27.4 Å². The molecule has 1 N–H and O–H groups in total. The molecular weight excluding hydrogens is 327 g/mol. The molecule has 0 fully saturated rings. The lowest BCUT2D eigenvalue weighted by atomic mass is 10.1. The average molecular weight is 345 g/mol. The number of ether oxygens (including phenoxy) is 2. The maximum absolute atomic E-state index is 12.5. The third kappa shape index (κ3) is 7.10. The van der Waals surface area contributed by atoms with E-state index in [0.29, 0.717) is 0 Å². The summed E-state index contributed by atoms with van der Waals surface area (Å²) in [5.74, 6) is 2.29. The van der Waals surface area contributed by atoms with Gasteiger partial charge >= 0.3 is 12.5 Å². The Morgan fingerprint density at radius 3 is 2.48 bits per heavy atom. The van der Waals surface area contributed by atoms with Crippen molar-refractivity contribution in [2.75, 3.05) is 11.9 Å². The summed E-state index contributed by atoms with van der Waals surface area (Å²) >= 11 is 0. The number of carbonyl (C=O) groups is 1. The highest BCUT2D eigenvalue weighted by Gasteiger charge is 2.32. The van der Waals surface area contributed by atoms with Gasteiger partial charge in [-0.3, -0.25) is 5.32 Å². The highest BCUT2D eigenvalue weighted by molar-refractivity contribution is 6.83. The molecule has 0 radical (unpaired) electrons. The van der Waals surface area contributed by atoms with Crippen molar-refractivity contribution >= 4 is 19.9 Å². The molecular formula is C15H18F3NO3Si. The van der Waals surface area contributed by atoms with Crippen LogP contribution in [0.5, 0.6) is 5.75 Å². The summed E-state index contributed by atoms with van der Waals surface area (Å²) < 4.78 is 46.2. The zero-order chi connectivity index (χ0) is 17.7. The van der Waals surface area contributed by atoms with Crippen LogP contribution in [0.4, 0.5) is 23.7 Å². The van der Waals surface area contributed by atoms with Gasteiger partial charge < -0.3 is 9.47 Å². The number of benzene rings is 1. The van der Waals surface area contributed by atoms with Crippen LogP contribution >= 0.6 is 0 Å². The summed E-state index contributed by atoms with van der Waals surface area (Å²) in [5.41, 5.74) is 3.11. The van der Waals surface area contributed by atoms with E-state index in [4.69, 9.17) is 4.74 Å². The largest absolute Gasteiger partial charge is 0.573 e. The van der Waals surface area contributed by atoms with E-state index in [1.807, 2.05) is 19.6 Å². The number of halogens is 3. The van der Waals surface area contributed by atoms with Crippen molar-refractivity contribution in [3.63, 3.8) is 0 Å². The third-order valence-electron chi connectivity index (χ3n) is 2.33. The molecule has 0 unspecified atom stereocenters. The number of para-hydroxylation sites is 1. The molecule has 126 valence electrons. The quantitative estimate of drug-likeness (QED) is 0.653. The van der Waals surface area contributed by atoms with Crippen LogP contribution in [0.3, 0.4) is 0 Å². The lowest BCUT2D eigenvalue weighted by molar-refractivity contribution is -0.274. The van der Waals surface area contributed by atoms with Gasteiger partial charge in [-0.2, -0.15) is 0 Å². The van der Waals surface area contributed by atoms with Gasteiger partial charge in [0.15, 0.2) is 5.75 Å². The highest BCUT2D eigenvalue weighted by atomic mass is 28.3. The van der Waals surface area contributed by atoms with Gasteiger partial charge in [-0.05, 0) is 19.1 Å². The van der Waals surface area contributed by atoms with Gasteiger partial charge in [0.25, 0.3) is 0 Å². The fourth-order valence-electron chi connectivity index (χ4n) is 1.50. The highest BCUT2D eigenvalue weighted by Crippen LogP contribution is 2.33. The van der Waals surface area contributed by atoms with Gasteiger partial charge in [-0.25, -0.2) is 4.79 Å². The van der Waals surface area contributed by atoms with E-state index in [0.717, 1.165) is 6.07 Å². The van der Waals surface area contributed by atoms with E-state index >= 15 is 0 Å². The second-order valence-electron chi connectivity index (χ2n) is 5.57. The first-order chi connectivity index (χ1) is 10.5. The summed E-state index contributed by atoms with van der Waals surface area (Å²) in [6, 6.07) is 4.00. The summed E-state index contributed by atoms with van der Waals surface area (Å²) in [5, 5.41) is 2.27. The zero-order valence-electron chi connectivity index (χ0n) is 13.3. The van der Waals surface area contributed by atoms with E-state index in [2.05, 4.69) is 21.5 Å². The fraction of sp³-hybridized carbons (Fsp3) is 0.400. The molecule has 0 spiro atoms. The molecule has 0 aliphatic carbocycles. The molecule has 0 aliphatic rings.